The summed E-state index contributed by atoms with van der Waals surface area (Å²) in [6, 6.07) is 5.88. The fraction of sp³-hybridized carbons (Fsp3) is 0.364. The van der Waals surface area contributed by atoms with E-state index in [-0.39, 0.29) is 5.41 Å². The van der Waals surface area contributed by atoms with Gasteiger partial charge in [0, 0.05) is 22.9 Å². The second-order valence-corrected chi connectivity index (χ2v) is 4.33. The van der Waals surface area contributed by atoms with Gasteiger partial charge >= 0.3 is 0 Å². The Bertz CT molecular complexity index is 457. The van der Waals surface area contributed by atoms with Crippen molar-refractivity contribution in [1.82, 2.24) is 9.71 Å². The van der Waals surface area contributed by atoms with Gasteiger partial charge in [0.15, 0.2) is 5.82 Å². The van der Waals surface area contributed by atoms with Gasteiger partial charge in [-0.05, 0) is 31.0 Å². The Kier molecular flexibility index (Phi) is 1.29. The molecule has 0 aromatic carbocycles. The maximum Gasteiger partial charge on any atom is 0.175 e. The van der Waals surface area contributed by atoms with E-state index in [0.29, 0.717) is 5.82 Å². The minimum Gasteiger partial charge on any atom is -0.427 e. The number of nitrogens with zero attached hydrogens (tertiary/aromatic N) is 2. The predicted molar refractivity (Wildman–Crippen MR) is 52.6 cm³/mol. The highest BCUT2D eigenvalue weighted by Gasteiger charge is 2.41. The first-order chi connectivity index (χ1) is 6.69. The standard InChI is InChI=1S/C11H12N2O/c1-11(4-5-11)9-7-8-3-2-6-13(14)10(8)12-9/h2-3,6-7,14H,4-5H2,1H3. The molecule has 3 aliphatic rings. The molecule has 0 bridgehead atoms. The number of rotatable bonds is 1. The van der Waals surface area contributed by atoms with Crippen molar-refractivity contribution < 1.29 is 5.21 Å². The predicted octanol–water partition coefficient (Wildman–Crippen LogP) is 2.28. The molecule has 1 fully saturated rings. The minimum absolute atomic E-state index is 0.270. The van der Waals surface area contributed by atoms with Gasteiger partial charge in [-0.1, -0.05) is 6.92 Å². The SMILES string of the molecule is CC1(c2cc3cccn(O)c-3n2)CC1. The van der Waals surface area contributed by atoms with Gasteiger partial charge in [-0.15, -0.1) is 0 Å². The molecular weight excluding hydrogens is 176 g/mol. The molecule has 14 heavy (non-hydrogen) atoms. The summed E-state index contributed by atoms with van der Waals surface area (Å²) in [6.07, 6.45) is 4.03. The van der Waals surface area contributed by atoms with Crippen molar-refractivity contribution in [3.63, 3.8) is 0 Å². The number of hydrogen-bond acceptors (Lipinski definition) is 2. The molecule has 2 heterocycles. The van der Waals surface area contributed by atoms with Crippen LogP contribution in [0.2, 0.25) is 0 Å². The third-order valence-electron chi connectivity index (χ3n) is 3.12. The molecule has 3 nitrogen and oxygen atoms in total. The first kappa shape index (κ1) is 7.85. The highest BCUT2D eigenvalue weighted by molar-refractivity contribution is 5.60. The van der Waals surface area contributed by atoms with Crippen molar-refractivity contribution in [3.8, 4) is 11.4 Å². The van der Waals surface area contributed by atoms with E-state index in [9.17, 15) is 5.21 Å². The van der Waals surface area contributed by atoms with Crippen LogP contribution >= 0.6 is 0 Å². The van der Waals surface area contributed by atoms with Crippen molar-refractivity contribution in [2.45, 2.75) is 25.2 Å². The average Bonchev–Trinajstić information content (AvgIpc) is 2.77. The molecule has 0 atom stereocenters. The molecule has 3 heteroatoms. The summed E-state index contributed by atoms with van der Waals surface area (Å²) < 4.78 is 1.09. The second kappa shape index (κ2) is 2.29. The van der Waals surface area contributed by atoms with Crippen LogP contribution in [-0.4, -0.2) is 14.9 Å². The maximum absolute atomic E-state index is 9.52. The zero-order valence-corrected chi connectivity index (χ0v) is 8.07. The number of fused-ring (bicyclic) bond motifs is 1. The Morgan fingerprint density at radius 3 is 2.93 bits per heavy atom. The molecule has 1 N–H and O–H groups in total. The van der Waals surface area contributed by atoms with E-state index < -0.39 is 0 Å². The molecule has 3 rings (SSSR count). The number of aromatic nitrogens is 2. The van der Waals surface area contributed by atoms with Gasteiger partial charge in [-0.2, -0.15) is 4.73 Å². The lowest BCUT2D eigenvalue weighted by atomic mass is 10.1. The summed E-state index contributed by atoms with van der Waals surface area (Å²) in [5, 5.41) is 9.52. The Morgan fingerprint density at radius 1 is 1.50 bits per heavy atom. The molecule has 0 saturated heterocycles. The third kappa shape index (κ3) is 0.953. The lowest BCUT2D eigenvalue weighted by molar-refractivity contribution is 0.186. The van der Waals surface area contributed by atoms with Gasteiger partial charge in [0.1, 0.15) is 0 Å². The molecule has 0 aromatic rings. The topological polar surface area (TPSA) is 38.0 Å². The largest absolute Gasteiger partial charge is 0.427 e. The first-order valence-electron chi connectivity index (χ1n) is 4.87. The van der Waals surface area contributed by atoms with Gasteiger partial charge in [0.2, 0.25) is 0 Å². The van der Waals surface area contributed by atoms with Crippen LogP contribution in [0.4, 0.5) is 0 Å². The molecular formula is C11H12N2O. The number of hydrogen-bond donors (Lipinski definition) is 1. The minimum atomic E-state index is 0.270. The van der Waals surface area contributed by atoms with Crippen LogP contribution in [0.25, 0.3) is 11.4 Å². The fourth-order valence-corrected chi connectivity index (χ4v) is 1.78. The van der Waals surface area contributed by atoms with Crippen LogP contribution in [-0.2, 0) is 5.41 Å². The van der Waals surface area contributed by atoms with Crippen LogP contribution in [0, 0.1) is 0 Å². The van der Waals surface area contributed by atoms with Crippen molar-refractivity contribution in [3.05, 3.63) is 30.1 Å². The van der Waals surface area contributed by atoms with E-state index in [1.807, 2.05) is 12.1 Å². The molecule has 0 spiro atoms. The van der Waals surface area contributed by atoms with E-state index in [1.165, 1.54) is 12.8 Å². The van der Waals surface area contributed by atoms with Gasteiger partial charge in [-0.3, -0.25) is 0 Å². The van der Waals surface area contributed by atoms with Crippen molar-refractivity contribution in [2.24, 2.45) is 0 Å². The normalized spacial score (nSPS) is 18.6. The summed E-state index contributed by atoms with van der Waals surface area (Å²) in [7, 11) is 0. The van der Waals surface area contributed by atoms with E-state index >= 15 is 0 Å². The highest BCUT2D eigenvalue weighted by atomic mass is 16.5. The van der Waals surface area contributed by atoms with Crippen molar-refractivity contribution in [2.75, 3.05) is 0 Å². The molecule has 0 unspecified atom stereocenters. The molecule has 0 amide bonds. The molecule has 72 valence electrons. The summed E-state index contributed by atoms with van der Waals surface area (Å²) in [6.45, 7) is 2.22. The lowest BCUT2D eigenvalue weighted by Gasteiger charge is -2.02. The van der Waals surface area contributed by atoms with Crippen LogP contribution in [0.15, 0.2) is 24.4 Å². The molecule has 0 aromatic heterocycles. The van der Waals surface area contributed by atoms with Gasteiger partial charge in [0.25, 0.3) is 0 Å². The van der Waals surface area contributed by atoms with Gasteiger partial charge in [-0.25, -0.2) is 4.98 Å². The zero-order chi connectivity index (χ0) is 9.76. The van der Waals surface area contributed by atoms with Crippen molar-refractivity contribution in [1.29, 1.82) is 0 Å². The summed E-state index contributed by atoms with van der Waals surface area (Å²) >= 11 is 0. The molecule has 1 saturated carbocycles. The Hall–Kier alpha value is -1.51. The third-order valence-corrected chi connectivity index (χ3v) is 3.12. The first-order valence-corrected chi connectivity index (χ1v) is 4.87. The monoisotopic (exact) mass is 188 g/mol. The van der Waals surface area contributed by atoms with Crippen LogP contribution in [0.1, 0.15) is 25.5 Å². The smallest absolute Gasteiger partial charge is 0.175 e. The van der Waals surface area contributed by atoms with Gasteiger partial charge in [0.05, 0.1) is 0 Å². The lowest BCUT2D eigenvalue weighted by Crippen LogP contribution is -2.00. The van der Waals surface area contributed by atoms with Gasteiger partial charge < -0.3 is 5.21 Å². The second-order valence-electron chi connectivity index (χ2n) is 4.33. The summed E-state index contributed by atoms with van der Waals surface area (Å²) in [5.41, 5.74) is 2.39. The highest BCUT2D eigenvalue weighted by Crippen LogP contribution is 2.48. The fourth-order valence-electron chi connectivity index (χ4n) is 1.78. The molecule has 1 aliphatic carbocycles. The summed E-state index contributed by atoms with van der Waals surface area (Å²) in [4.78, 5) is 4.46. The quantitative estimate of drug-likeness (QED) is 0.697. The van der Waals surface area contributed by atoms with E-state index in [2.05, 4.69) is 18.0 Å². The maximum atomic E-state index is 9.52. The van der Waals surface area contributed by atoms with Crippen LogP contribution in [0.5, 0.6) is 0 Å². The molecule has 0 radical (unpaired) electrons. The number of pyridine rings is 1. The van der Waals surface area contributed by atoms with Crippen molar-refractivity contribution >= 4 is 0 Å². The summed E-state index contributed by atoms with van der Waals surface area (Å²) in [5.74, 6) is 0.663. The Balaban J connectivity index is 2.21. The van der Waals surface area contributed by atoms with E-state index in [0.717, 1.165) is 16.0 Å². The molecule has 2 aliphatic heterocycles. The Morgan fingerprint density at radius 2 is 2.29 bits per heavy atom. The van der Waals surface area contributed by atoms with Crippen LogP contribution in [0.3, 0.4) is 0 Å². The zero-order valence-electron chi connectivity index (χ0n) is 8.07. The Labute approximate surface area is 82.3 Å². The average molecular weight is 188 g/mol. The van der Waals surface area contributed by atoms with Crippen LogP contribution < -0.4 is 0 Å². The van der Waals surface area contributed by atoms with E-state index in [1.54, 1.807) is 6.20 Å². The van der Waals surface area contributed by atoms with E-state index in [4.69, 9.17) is 0 Å².